The van der Waals surface area contributed by atoms with Gasteiger partial charge in [0.05, 0.1) is 5.41 Å². The van der Waals surface area contributed by atoms with Crippen LogP contribution in [0.1, 0.15) is 58.3 Å². The molecule has 1 saturated heterocycles. The molecule has 2 fully saturated rings. The van der Waals surface area contributed by atoms with E-state index in [4.69, 9.17) is 0 Å². The topological polar surface area (TPSA) is 57.6 Å². The first kappa shape index (κ1) is 14.4. The van der Waals surface area contributed by atoms with Gasteiger partial charge in [0.25, 0.3) is 0 Å². The molecular weight excluding hydrogens is 242 g/mol. The molecule has 4 nitrogen and oxygen atoms in total. The Morgan fingerprint density at radius 2 is 1.89 bits per heavy atom. The van der Waals surface area contributed by atoms with Crippen molar-refractivity contribution in [2.75, 3.05) is 13.1 Å². The molecule has 1 aliphatic heterocycles. The fraction of sp³-hybridized carbons (Fsp3) is 0.867. The third-order valence-corrected chi connectivity index (χ3v) is 4.97. The molecule has 1 amide bonds. The zero-order valence-electron chi connectivity index (χ0n) is 11.9. The number of piperidine rings is 1. The van der Waals surface area contributed by atoms with Gasteiger partial charge in [-0.2, -0.15) is 0 Å². The molecule has 0 radical (unpaired) electrons. The first-order chi connectivity index (χ1) is 9.09. The summed E-state index contributed by atoms with van der Waals surface area (Å²) in [7, 11) is 0. The Bertz CT molecular complexity index is 349. The molecular formula is C15H25NO3. The summed E-state index contributed by atoms with van der Waals surface area (Å²) in [5.41, 5.74) is -0.706. The van der Waals surface area contributed by atoms with E-state index in [0.29, 0.717) is 19.4 Å². The average Bonchev–Trinajstić information content (AvgIpc) is 2.47. The third-order valence-electron chi connectivity index (χ3n) is 4.97. The highest BCUT2D eigenvalue weighted by Gasteiger charge is 2.43. The number of carboxylic acids is 1. The molecule has 2 rings (SSSR count). The van der Waals surface area contributed by atoms with Gasteiger partial charge in [-0.15, -0.1) is 0 Å². The number of carbonyl (C=O) groups is 2. The Balaban J connectivity index is 2.03. The highest BCUT2D eigenvalue weighted by atomic mass is 16.4. The van der Waals surface area contributed by atoms with E-state index in [2.05, 4.69) is 0 Å². The molecule has 1 N–H and O–H groups in total. The summed E-state index contributed by atoms with van der Waals surface area (Å²) >= 11 is 0. The number of likely N-dealkylation sites (tertiary alicyclic amines) is 1. The lowest BCUT2D eigenvalue weighted by molar-refractivity contribution is -0.156. The van der Waals surface area contributed by atoms with Crippen molar-refractivity contribution in [1.82, 2.24) is 4.90 Å². The number of nitrogens with zero attached hydrogens (tertiary/aromatic N) is 1. The SMILES string of the molecule is CCC1(C(=O)O)CCCN(C(=O)C2CCCCC2)C1. The van der Waals surface area contributed by atoms with E-state index in [1.54, 1.807) is 0 Å². The zero-order chi connectivity index (χ0) is 13.9. The van der Waals surface area contributed by atoms with Crippen LogP contribution in [0.2, 0.25) is 0 Å². The normalized spacial score (nSPS) is 29.2. The van der Waals surface area contributed by atoms with Crippen LogP contribution in [0, 0.1) is 11.3 Å². The smallest absolute Gasteiger partial charge is 0.311 e. The molecule has 0 bridgehead atoms. The monoisotopic (exact) mass is 267 g/mol. The lowest BCUT2D eigenvalue weighted by Crippen LogP contribution is -2.51. The minimum absolute atomic E-state index is 0.148. The van der Waals surface area contributed by atoms with Gasteiger partial charge >= 0.3 is 5.97 Å². The summed E-state index contributed by atoms with van der Waals surface area (Å²) in [4.78, 5) is 25.9. The van der Waals surface area contributed by atoms with E-state index in [1.807, 2.05) is 11.8 Å². The molecule has 1 atom stereocenters. The van der Waals surface area contributed by atoms with Crippen LogP contribution in [0.15, 0.2) is 0 Å². The van der Waals surface area contributed by atoms with Gasteiger partial charge in [-0.1, -0.05) is 26.2 Å². The molecule has 0 aromatic rings. The second-order valence-corrected chi connectivity index (χ2v) is 6.14. The van der Waals surface area contributed by atoms with Gasteiger partial charge in [-0.25, -0.2) is 0 Å². The van der Waals surface area contributed by atoms with Crippen molar-refractivity contribution in [3.8, 4) is 0 Å². The van der Waals surface area contributed by atoms with E-state index < -0.39 is 11.4 Å². The molecule has 0 aromatic carbocycles. The molecule has 0 spiro atoms. The quantitative estimate of drug-likeness (QED) is 0.855. The summed E-state index contributed by atoms with van der Waals surface area (Å²) < 4.78 is 0. The highest BCUT2D eigenvalue weighted by Crippen LogP contribution is 2.35. The number of hydrogen-bond acceptors (Lipinski definition) is 2. The van der Waals surface area contributed by atoms with Crippen molar-refractivity contribution in [1.29, 1.82) is 0 Å². The maximum Gasteiger partial charge on any atom is 0.311 e. The van der Waals surface area contributed by atoms with Crippen LogP contribution in [-0.2, 0) is 9.59 Å². The first-order valence-corrected chi connectivity index (χ1v) is 7.61. The van der Waals surface area contributed by atoms with Crippen molar-refractivity contribution in [2.45, 2.75) is 58.3 Å². The molecule has 108 valence electrons. The van der Waals surface area contributed by atoms with Crippen molar-refractivity contribution >= 4 is 11.9 Å². The second-order valence-electron chi connectivity index (χ2n) is 6.14. The van der Waals surface area contributed by atoms with Crippen molar-refractivity contribution < 1.29 is 14.7 Å². The van der Waals surface area contributed by atoms with Gasteiger partial charge in [0, 0.05) is 19.0 Å². The second kappa shape index (κ2) is 5.93. The molecule has 2 aliphatic rings. The maximum absolute atomic E-state index is 12.5. The lowest BCUT2D eigenvalue weighted by atomic mass is 9.77. The van der Waals surface area contributed by atoms with Gasteiger partial charge in [0.2, 0.25) is 5.91 Å². The van der Waals surface area contributed by atoms with Crippen LogP contribution in [0.5, 0.6) is 0 Å². The standard InChI is InChI=1S/C15H25NO3/c1-2-15(14(18)19)9-6-10-16(11-15)13(17)12-7-4-3-5-8-12/h12H,2-11H2,1H3,(H,18,19). The fourth-order valence-electron chi connectivity index (χ4n) is 3.54. The predicted octanol–water partition coefficient (Wildman–Crippen LogP) is 2.67. The average molecular weight is 267 g/mol. The van der Waals surface area contributed by atoms with E-state index in [1.165, 1.54) is 6.42 Å². The lowest BCUT2D eigenvalue weighted by Gasteiger charge is -2.41. The Morgan fingerprint density at radius 1 is 1.21 bits per heavy atom. The van der Waals surface area contributed by atoms with Crippen LogP contribution in [0.3, 0.4) is 0 Å². The summed E-state index contributed by atoms with van der Waals surface area (Å²) in [5, 5.41) is 9.46. The van der Waals surface area contributed by atoms with Gasteiger partial charge < -0.3 is 10.0 Å². The molecule has 0 aromatic heterocycles. The first-order valence-electron chi connectivity index (χ1n) is 7.61. The number of amides is 1. The molecule has 1 saturated carbocycles. The number of rotatable bonds is 3. The van der Waals surface area contributed by atoms with Crippen molar-refractivity contribution in [3.63, 3.8) is 0 Å². The summed E-state index contributed by atoms with van der Waals surface area (Å²) in [6.07, 6.45) is 7.62. The fourth-order valence-corrected chi connectivity index (χ4v) is 3.54. The largest absolute Gasteiger partial charge is 0.481 e. The Morgan fingerprint density at radius 3 is 2.47 bits per heavy atom. The molecule has 1 heterocycles. The van der Waals surface area contributed by atoms with Crippen LogP contribution in [-0.4, -0.2) is 35.0 Å². The molecule has 1 aliphatic carbocycles. The number of carboxylic acid groups (broad SMARTS) is 1. The Kier molecular flexibility index (Phi) is 4.48. The number of hydrogen-bond donors (Lipinski definition) is 1. The van der Waals surface area contributed by atoms with Crippen LogP contribution < -0.4 is 0 Å². The zero-order valence-corrected chi connectivity index (χ0v) is 11.9. The van der Waals surface area contributed by atoms with Gasteiger partial charge in [0.15, 0.2) is 0 Å². The van der Waals surface area contributed by atoms with Crippen LogP contribution in [0.4, 0.5) is 0 Å². The van der Waals surface area contributed by atoms with E-state index in [9.17, 15) is 14.7 Å². The summed E-state index contributed by atoms with van der Waals surface area (Å²) in [6, 6.07) is 0. The molecule has 4 heteroatoms. The van der Waals surface area contributed by atoms with E-state index >= 15 is 0 Å². The van der Waals surface area contributed by atoms with Crippen molar-refractivity contribution in [3.05, 3.63) is 0 Å². The van der Waals surface area contributed by atoms with Crippen molar-refractivity contribution in [2.24, 2.45) is 11.3 Å². The van der Waals surface area contributed by atoms with Crippen LogP contribution in [0.25, 0.3) is 0 Å². The molecule has 1 unspecified atom stereocenters. The van der Waals surface area contributed by atoms with E-state index in [0.717, 1.165) is 38.6 Å². The predicted molar refractivity (Wildman–Crippen MR) is 72.7 cm³/mol. The highest BCUT2D eigenvalue weighted by molar-refractivity contribution is 5.81. The third kappa shape index (κ3) is 2.93. The maximum atomic E-state index is 12.5. The number of aliphatic carboxylic acids is 1. The Labute approximate surface area is 115 Å². The summed E-state index contributed by atoms with van der Waals surface area (Å²) in [5.74, 6) is -0.384. The minimum atomic E-state index is -0.740. The minimum Gasteiger partial charge on any atom is -0.481 e. The van der Waals surface area contributed by atoms with Gasteiger partial charge in [-0.05, 0) is 32.1 Å². The van der Waals surface area contributed by atoms with Gasteiger partial charge in [0.1, 0.15) is 0 Å². The number of carbonyl (C=O) groups excluding carboxylic acids is 1. The Hall–Kier alpha value is -1.06. The van der Waals surface area contributed by atoms with E-state index in [-0.39, 0.29) is 11.8 Å². The molecule has 19 heavy (non-hydrogen) atoms. The van der Waals surface area contributed by atoms with Crippen LogP contribution >= 0.6 is 0 Å². The van der Waals surface area contributed by atoms with Gasteiger partial charge in [-0.3, -0.25) is 9.59 Å². The summed E-state index contributed by atoms with van der Waals surface area (Å²) in [6.45, 7) is 3.07.